The Kier molecular flexibility index (Phi) is 9.87. The van der Waals surface area contributed by atoms with Crippen molar-refractivity contribution in [3.63, 3.8) is 0 Å². The van der Waals surface area contributed by atoms with Gasteiger partial charge in [-0.1, -0.05) is 57.8 Å². The molecule has 0 aliphatic rings. The molecule has 0 fully saturated rings. The lowest BCUT2D eigenvalue weighted by Gasteiger charge is -2.25. The first-order valence-electron chi connectivity index (χ1n) is 12.7. The number of benzene rings is 3. The van der Waals surface area contributed by atoms with E-state index in [9.17, 15) is 13.2 Å². The zero-order chi connectivity index (χ0) is 28.2. The highest BCUT2D eigenvalue weighted by atomic mass is 79.9. The van der Waals surface area contributed by atoms with Crippen LogP contribution in [0.2, 0.25) is 0 Å². The van der Waals surface area contributed by atoms with Crippen LogP contribution in [0.5, 0.6) is 0 Å². The summed E-state index contributed by atoms with van der Waals surface area (Å²) >= 11 is 8.26. The van der Waals surface area contributed by atoms with E-state index in [1.807, 2.05) is 49.4 Å². The molecule has 206 valence electrons. The lowest BCUT2D eigenvalue weighted by atomic mass is 10.1. The van der Waals surface area contributed by atoms with Crippen molar-refractivity contribution in [3.05, 3.63) is 91.7 Å². The molecular formula is C29H31Br2N3O3S2. The number of aryl methyl sites for hydroxylation is 1. The second-order valence-electron chi connectivity index (χ2n) is 9.11. The number of amides is 1. The first kappa shape index (κ1) is 29.7. The lowest BCUT2D eigenvalue weighted by molar-refractivity contribution is 0.0952. The summed E-state index contributed by atoms with van der Waals surface area (Å²) in [5.41, 5.74) is 2.25. The Morgan fingerprint density at radius 2 is 1.54 bits per heavy atom. The molecule has 0 bridgehead atoms. The van der Waals surface area contributed by atoms with Gasteiger partial charge in [-0.2, -0.15) is 0 Å². The molecule has 0 radical (unpaired) electrons. The molecule has 10 heteroatoms. The van der Waals surface area contributed by atoms with Gasteiger partial charge in [0.05, 0.1) is 22.0 Å². The number of nitrogens with one attached hydrogen (secondary N) is 1. The first-order valence-corrected chi connectivity index (χ1v) is 16.5. The second-order valence-corrected chi connectivity index (χ2v) is 13.9. The maximum absolute atomic E-state index is 13.9. The minimum atomic E-state index is -3.88. The number of carbonyl (C=O) groups excluding carboxylic acids is 1. The maximum atomic E-state index is 13.9. The fraction of sp³-hybridized carbons (Fsp3) is 0.276. The standard InChI is InChI=1S/C29H31Br2N3O3S2/c1-4-33(5-2)17-16-32-29(35)28-20(3)26-18-24(12-15-27(26)38-28)34(19-21-6-8-22(30)9-7-21)39(36,37)25-13-10-23(31)11-14-25/h6-15,18H,4-5,16-17,19H2,1-3H3,(H,32,35). The Balaban J connectivity index is 1.69. The van der Waals surface area contributed by atoms with Crippen LogP contribution in [0.4, 0.5) is 5.69 Å². The maximum Gasteiger partial charge on any atom is 0.264 e. The minimum Gasteiger partial charge on any atom is -0.350 e. The number of thiophene rings is 1. The van der Waals surface area contributed by atoms with E-state index >= 15 is 0 Å². The normalized spacial score (nSPS) is 11.7. The Morgan fingerprint density at radius 3 is 2.15 bits per heavy atom. The lowest BCUT2D eigenvalue weighted by Crippen LogP contribution is -2.34. The van der Waals surface area contributed by atoms with Crippen molar-refractivity contribution in [3.8, 4) is 0 Å². The molecule has 3 aromatic carbocycles. The molecule has 4 aromatic rings. The molecule has 39 heavy (non-hydrogen) atoms. The van der Waals surface area contributed by atoms with E-state index in [0.717, 1.165) is 49.8 Å². The van der Waals surface area contributed by atoms with Gasteiger partial charge in [0, 0.05) is 26.7 Å². The van der Waals surface area contributed by atoms with Crippen LogP contribution in [0.25, 0.3) is 10.1 Å². The van der Waals surface area contributed by atoms with Crippen LogP contribution in [0, 0.1) is 6.92 Å². The number of halogens is 2. The quantitative estimate of drug-likeness (QED) is 0.181. The predicted octanol–water partition coefficient (Wildman–Crippen LogP) is 7.20. The number of anilines is 1. The summed E-state index contributed by atoms with van der Waals surface area (Å²) in [6.45, 7) is 9.56. The number of fused-ring (bicyclic) bond motifs is 1. The van der Waals surface area contributed by atoms with Crippen LogP contribution in [-0.4, -0.2) is 45.4 Å². The van der Waals surface area contributed by atoms with Crippen molar-refractivity contribution in [2.75, 3.05) is 30.5 Å². The summed E-state index contributed by atoms with van der Waals surface area (Å²) in [5.74, 6) is -0.100. The van der Waals surface area contributed by atoms with Gasteiger partial charge in [0.25, 0.3) is 15.9 Å². The number of likely N-dealkylation sites (N-methyl/N-ethyl adjacent to an activating group) is 1. The molecule has 4 rings (SSSR count). The van der Waals surface area contributed by atoms with Gasteiger partial charge < -0.3 is 10.2 Å². The zero-order valence-electron chi connectivity index (χ0n) is 22.1. The Labute approximate surface area is 251 Å². The van der Waals surface area contributed by atoms with Gasteiger partial charge >= 0.3 is 0 Å². The summed E-state index contributed by atoms with van der Waals surface area (Å²) < 4.78 is 31.9. The monoisotopic (exact) mass is 691 g/mol. The molecule has 0 aliphatic heterocycles. The number of hydrogen-bond acceptors (Lipinski definition) is 5. The van der Waals surface area contributed by atoms with E-state index in [-0.39, 0.29) is 17.3 Å². The second kappa shape index (κ2) is 13.0. The van der Waals surface area contributed by atoms with Gasteiger partial charge in [-0.05, 0) is 91.1 Å². The van der Waals surface area contributed by atoms with Gasteiger partial charge in [0.1, 0.15) is 0 Å². The summed E-state index contributed by atoms with van der Waals surface area (Å²) in [4.78, 5) is 16.1. The van der Waals surface area contributed by atoms with E-state index in [1.54, 1.807) is 24.3 Å². The first-order chi connectivity index (χ1) is 18.6. The molecule has 0 atom stereocenters. The van der Waals surface area contributed by atoms with Crippen molar-refractivity contribution >= 4 is 74.9 Å². The highest BCUT2D eigenvalue weighted by molar-refractivity contribution is 9.10. The third kappa shape index (κ3) is 6.92. The van der Waals surface area contributed by atoms with E-state index in [2.05, 4.69) is 55.9 Å². The van der Waals surface area contributed by atoms with Crippen molar-refractivity contribution in [2.24, 2.45) is 0 Å². The van der Waals surface area contributed by atoms with Crippen LogP contribution < -0.4 is 9.62 Å². The van der Waals surface area contributed by atoms with Crippen LogP contribution in [0.1, 0.15) is 34.6 Å². The number of sulfonamides is 1. The van der Waals surface area contributed by atoms with Crippen molar-refractivity contribution < 1.29 is 13.2 Å². The SMILES string of the molecule is CCN(CC)CCNC(=O)c1sc2ccc(N(Cc3ccc(Br)cc3)S(=O)(=O)c3ccc(Br)cc3)cc2c1C. The average molecular weight is 694 g/mol. The van der Waals surface area contributed by atoms with Crippen LogP contribution in [-0.2, 0) is 16.6 Å². The van der Waals surface area contributed by atoms with E-state index in [0.29, 0.717) is 17.1 Å². The summed E-state index contributed by atoms with van der Waals surface area (Å²) in [7, 11) is -3.88. The van der Waals surface area contributed by atoms with E-state index in [4.69, 9.17) is 0 Å². The molecule has 1 aromatic heterocycles. The highest BCUT2D eigenvalue weighted by Crippen LogP contribution is 2.36. The predicted molar refractivity (Wildman–Crippen MR) is 168 cm³/mol. The molecule has 0 saturated carbocycles. The summed E-state index contributed by atoms with van der Waals surface area (Å²) in [5, 5.41) is 3.91. The largest absolute Gasteiger partial charge is 0.350 e. The third-order valence-corrected chi connectivity index (χ3v) is 10.8. The van der Waals surface area contributed by atoms with Crippen molar-refractivity contribution in [1.29, 1.82) is 0 Å². The van der Waals surface area contributed by atoms with Gasteiger partial charge in [-0.25, -0.2) is 8.42 Å². The summed E-state index contributed by atoms with van der Waals surface area (Å²) in [6, 6.07) is 19.9. The number of hydrogen-bond donors (Lipinski definition) is 1. The van der Waals surface area contributed by atoms with Crippen LogP contribution in [0.3, 0.4) is 0 Å². The van der Waals surface area contributed by atoms with Gasteiger partial charge in [-0.3, -0.25) is 9.10 Å². The minimum absolute atomic E-state index is 0.100. The van der Waals surface area contributed by atoms with Crippen molar-refractivity contribution in [2.45, 2.75) is 32.2 Å². The van der Waals surface area contributed by atoms with Gasteiger partial charge in [-0.15, -0.1) is 11.3 Å². The Morgan fingerprint density at radius 1 is 0.923 bits per heavy atom. The van der Waals surface area contributed by atoms with Crippen LogP contribution >= 0.6 is 43.2 Å². The zero-order valence-corrected chi connectivity index (χ0v) is 26.9. The molecule has 0 aliphatic carbocycles. The smallest absolute Gasteiger partial charge is 0.264 e. The van der Waals surface area contributed by atoms with E-state index in [1.165, 1.54) is 15.6 Å². The fourth-order valence-corrected chi connectivity index (χ4v) is 7.41. The molecule has 6 nitrogen and oxygen atoms in total. The number of rotatable bonds is 11. The molecular weight excluding hydrogens is 662 g/mol. The summed E-state index contributed by atoms with van der Waals surface area (Å²) in [6.07, 6.45) is 0. The fourth-order valence-electron chi connectivity index (χ4n) is 4.33. The Hall–Kier alpha value is -2.24. The molecule has 0 unspecified atom stereocenters. The number of nitrogens with zero attached hydrogens (tertiary/aromatic N) is 2. The molecule has 1 heterocycles. The van der Waals surface area contributed by atoms with Gasteiger partial charge in [0.15, 0.2) is 0 Å². The average Bonchev–Trinajstić information content (AvgIpc) is 3.26. The molecule has 0 saturated heterocycles. The Bertz CT molecular complexity index is 1550. The third-order valence-electron chi connectivity index (χ3n) is 6.66. The topological polar surface area (TPSA) is 69.7 Å². The molecule has 1 amide bonds. The van der Waals surface area contributed by atoms with Gasteiger partial charge in [0.2, 0.25) is 0 Å². The van der Waals surface area contributed by atoms with E-state index < -0.39 is 10.0 Å². The molecule has 0 spiro atoms. The van der Waals surface area contributed by atoms with Crippen molar-refractivity contribution in [1.82, 2.24) is 10.2 Å². The van der Waals surface area contributed by atoms with Crippen LogP contribution in [0.15, 0.2) is 80.6 Å². The molecule has 1 N–H and O–H groups in total. The highest BCUT2D eigenvalue weighted by Gasteiger charge is 2.26. The number of carbonyl (C=O) groups is 1.